The van der Waals surface area contributed by atoms with E-state index < -0.39 is 0 Å². The summed E-state index contributed by atoms with van der Waals surface area (Å²) in [4.78, 5) is 0. The highest BCUT2D eigenvalue weighted by atomic mass is 16.5. The Labute approximate surface area is 117 Å². The maximum Gasteiger partial charge on any atom is 0.119 e. The fraction of sp³-hybridized carbons (Fsp3) is 0.625. The van der Waals surface area contributed by atoms with Gasteiger partial charge in [-0.15, -0.1) is 0 Å². The van der Waals surface area contributed by atoms with Crippen molar-refractivity contribution in [1.29, 1.82) is 0 Å². The van der Waals surface area contributed by atoms with Crippen molar-refractivity contribution in [2.75, 3.05) is 13.2 Å². The summed E-state index contributed by atoms with van der Waals surface area (Å²) in [5.74, 6) is 0.904. The molecule has 0 fully saturated rings. The molecule has 0 bridgehead atoms. The van der Waals surface area contributed by atoms with Crippen LogP contribution in [0.15, 0.2) is 24.3 Å². The van der Waals surface area contributed by atoms with Gasteiger partial charge in [0.05, 0.1) is 18.8 Å². The molecule has 1 rings (SSSR count). The van der Waals surface area contributed by atoms with Gasteiger partial charge in [-0.05, 0) is 37.5 Å². The predicted molar refractivity (Wildman–Crippen MR) is 79.5 cm³/mol. The third-order valence-corrected chi connectivity index (χ3v) is 3.09. The number of hydrogen-bond acceptors (Lipinski definition) is 3. The molecule has 0 radical (unpaired) electrons. The average molecular weight is 265 g/mol. The second kappa shape index (κ2) is 8.94. The summed E-state index contributed by atoms with van der Waals surface area (Å²) in [5.41, 5.74) is 7.40. The Balaban J connectivity index is 2.66. The van der Waals surface area contributed by atoms with Crippen LogP contribution in [0.4, 0.5) is 0 Å². The standard InChI is InChI=1S/C16H27NO2/c1-4-7-15(18-6-3)16(17)13-8-10-14(11-9-13)19-12-5-2/h8-11,15-16H,4-7,12,17H2,1-3H3. The van der Waals surface area contributed by atoms with Gasteiger partial charge in [0.1, 0.15) is 5.75 Å². The maximum absolute atomic E-state index is 6.30. The molecular formula is C16H27NO2. The lowest BCUT2D eigenvalue weighted by Gasteiger charge is -2.24. The predicted octanol–water partition coefficient (Wildman–Crippen LogP) is 3.68. The van der Waals surface area contributed by atoms with Crippen molar-refractivity contribution >= 4 is 0 Å². The molecule has 2 atom stereocenters. The molecule has 0 aromatic heterocycles. The van der Waals surface area contributed by atoms with Gasteiger partial charge in [-0.3, -0.25) is 0 Å². The zero-order chi connectivity index (χ0) is 14.1. The molecular weight excluding hydrogens is 238 g/mol. The van der Waals surface area contributed by atoms with Crippen molar-refractivity contribution in [3.05, 3.63) is 29.8 Å². The Morgan fingerprint density at radius 3 is 2.26 bits per heavy atom. The topological polar surface area (TPSA) is 44.5 Å². The summed E-state index contributed by atoms with van der Waals surface area (Å²) in [7, 11) is 0. The van der Waals surface area contributed by atoms with Crippen LogP contribution in [0.1, 0.15) is 51.6 Å². The van der Waals surface area contributed by atoms with Crippen LogP contribution >= 0.6 is 0 Å². The van der Waals surface area contributed by atoms with E-state index in [0.29, 0.717) is 6.61 Å². The molecule has 0 amide bonds. The zero-order valence-corrected chi connectivity index (χ0v) is 12.4. The van der Waals surface area contributed by atoms with Crippen LogP contribution in [0.2, 0.25) is 0 Å². The second-order valence-electron chi connectivity index (χ2n) is 4.73. The molecule has 0 aliphatic heterocycles. The van der Waals surface area contributed by atoms with E-state index in [2.05, 4.69) is 13.8 Å². The number of nitrogens with two attached hydrogens (primary N) is 1. The van der Waals surface area contributed by atoms with Crippen LogP contribution in [-0.4, -0.2) is 19.3 Å². The van der Waals surface area contributed by atoms with Crippen molar-refractivity contribution < 1.29 is 9.47 Å². The Hall–Kier alpha value is -1.06. The minimum absolute atomic E-state index is 0.0693. The van der Waals surface area contributed by atoms with Crippen molar-refractivity contribution in [1.82, 2.24) is 0 Å². The third-order valence-electron chi connectivity index (χ3n) is 3.09. The molecule has 108 valence electrons. The molecule has 3 nitrogen and oxygen atoms in total. The fourth-order valence-corrected chi connectivity index (χ4v) is 2.09. The molecule has 0 spiro atoms. The van der Waals surface area contributed by atoms with Gasteiger partial charge in [-0.2, -0.15) is 0 Å². The summed E-state index contributed by atoms with van der Waals surface area (Å²) in [5, 5.41) is 0. The molecule has 1 aromatic carbocycles. The Morgan fingerprint density at radius 1 is 1.05 bits per heavy atom. The summed E-state index contributed by atoms with van der Waals surface area (Å²) >= 11 is 0. The molecule has 2 N–H and O–H groups in total. The van der Waals surface area contributed by atoms with E-state index in [1.165, 1.54) is 0 Å². The van der Waals surface area contributed by atoms with E-state index >= 15 is 0 Å². The summed E-state index contributed by atoms with van der Waals surface area (Å²) < 4.78 is 11.3. The molecule has 1 aromatic rings. The van der Waals surface area contributed by atoms with Crippen LogP contribution < -0.4 is 10.5 Å². The molecule has 0 saturated heterocycles. The van der Waals surface area contributed by atoms with Gasteiger partial charge >= 0.3 is 0 Å². The summed E-state index contributed by atoms with van der Waals surface area (Å²) in [6.45, 7) is 7.72. The van der Waals surface area contributed by atoms with Gasteiger partial charge in [0.2, 0.25) is 0 Å². The van der Waals surface area contributed by atoms with Crippen molar-refractivity contribution in [2.24, 2.45) is 5.73 Å². The monoisotopic (exact) mass is 265 g/mol. The molecule has 0 saturated carbocycles. The van der Waals surface area contributed by atoms with E-state index in [1.54, 1.807) is 0 Å². The van der Waals surface area contributed by atoms with E-state index in [1.807, 2.05) is 31.2 Å². The van der Waals surface area contributed by atoms with Crippen LogP contribution in [0.3, 0.4) is 0 Å². The van der Waals surface area contributed by atoms with Gasteiger partial charge in [-0.25, -0.2) is 0 Å². The second-order valence-corrected chi connectivity index (χ2v) is 4.73. The smallest absolute Gasteiger partial charge is 0.119 e. The van der Waals surface area contributed by atoms with Crippen LogP contribution in [-0.2, 0) is 4.74 Å². The summed E-state index contributed by atoms with van der Waals surface area (Å²) in [6.07, 6.45) is 3.18. The van der Waals surface area contributed by atoms with Crippen molar-refractivity contribution in [3.8, 4) is 5.75 Å². The highest BCUT2D eigenvalue weighted by molar-refractivity contribution is 5.29. The molecule has 0 aliphatic rings. The van der Waals surface area contributed by atoms with Gasteiger partial charge in [-0.1, -0.05) is 32.4 Å². The average Bonchev–Trinajstić information content (AvgIpc) is 2.44. The SMILES string of the molecule is CCCOc1ccc(C(N)C(CCC)OCC)cc1. The minimum Gasteiger partial charge on any atom is -0.494 e. The van der Waals surface area contributed by atoms with E-state index in [4.69, 9.17) is 15.2 Å². The first kappa shape index (κ1) is 16.0. The lowest BCUT2D eigenvalue weighted by Crippen LogP contribution is -2.29. The van der Waals surface area contributed by atoms with E-state index in [0.717, 1.165) is 37.2 Å². The number of hydrogen-bond donors (Lipinski definition) is 1. The quantitative estimate of drug-likeness (QED) is 0.740. The van der Waals surface area contributed by atoms with E-state index in [-0.39, 0.29) is 12.1 Å². The molecule has 2 unspecified atom stereocenters. The van der Waals surface area contributed by atoms with Crippen LogP contribution in [0.5, 0.6) is 5.75 Å². The lowest BCUT2D eigenvalue weighted by atomic mass is 9.99. The molecule has 19 heavy (non-hydrogen) atoms. The first-order chi connectivity index (χ1) is 9.22. The van der Waals surface area contributed by atoms with Crippen molar-refractivity contribution in [3.63, 3.8) is 0 Å². The number of ether oxygens (including phenoxy) is 2. The van der Waals surface area contributed by atoms with Gasteiger partial charge in [0.25, 0.3) is 0 Å². The zero-order valence-electron chi connectivity index (χ0n) is 12.4. The first-order valence-electron chi connectivity index (χ1n) is 7.32. The molecule has 3 heteroatoms. The third kappa shape index (κ3) is 5.21. The molecule has 0 heterocycles. The normalized spacial score (nSPS) is 14.1. The lowest BCUT2D eigenvalue weighted by molar-refractivity contribution is 0.0374. The van der Waals surface area contributed by atoms with Gasteiger partial charge in [0, 0.05) is 6.61 Å². The Morgan fingerprint density at radius 2 is 1.74 bits per heavy atom. The highest BCUT2D eigenvalue weighted by Gasteiger charge is 2.18. The molecule has 0 aliphatic carbocycles. The van der Waals surface area contributed by atoms with Gasteiger partial charge in [0.15, 0.2) is 0 Å². The Kier molecular flexibility index (Phi) is 7.53. The van der Waals surface area contributed by atoms with Crippen LogP contribution in [0, 0.1) is 0 Å². The number of rotatable bonds is 9. The Bertz CT molecular complexity index is 331. The minimum atomic E-state index is -0.0693. The largest absolute Gasteiger partial charge is 0.494 e. The first-order valence-corrected chi connectivity index (χ1v) is 7.32. The summed E-state index contributed by atoms with van der Waals surface area (Å²) in [6, 6.07) is 7.98. The fourth-order valence-electron chi connectivity index (χ4n) is 2.09. The van der Waals surface area contributed by atoms with Crippen molar-refractivity contribution in [2.45, 2.75) is 52.2 Å². The maximum atomic E-state index is 6.30. The van der Waals surface area contributed by atoms with E-state index in [9.17, 15) is 0 Å². The van der Waals surface area contributed by atoms with Crippen LogP contribution in [0.25, 0.3) is 0 Å². The number of benzene rings is 1. The van der Waals surface area contributed by atoms with Gasteiger partial charge < -0.3 is 15.2 Å². The highest BCUT2D eigenvalue weighted by Crippen LogP contribution is 2.22.